The van der Waals surface area contributed by atoms with Crippen molar-refractivity contribution in [3.8, 4) is 0 Å². The van der Waals surface area contributed by atoms with Crippen molar-refractivity contribution in [2.75, 3.05) is 5.75 Å². The van der Waals surface area contributed by atoms with Gasteiger partial charge in [-0.1, -0.05) is 30.3 Å². The summed E-state index contributed by atoms with van der Waals surface area (Å²) in [5.74, 6) is 0.657. The third-order valence-electron chi connectivity index (χ3n) is 2.03. The van der Waals surface area contributed by atoms with Crippen LogP contribution in [0.1, 0.15) is 5.56 Å². The maximum absolute atomic E-state index is 13.1. The number of rotatable bonds is 2. The van der Waals surface area contributed by atoms with E-state index in [9.17, 15) is 4.39 Å². The fourth-order valence-corrected chi connectivity index (χ4v) is 2.51. The van der Waals surface area contributed by atoms with Crippen molar-refractivity contribution in [3.05, 3.63) is 42.3 Å². The van der Waals surface area contributed by atoms with Crippen LogP contribution in [0.5, 0.6) is 0 Å². The zero-order valence-corrected chi connectivity index (χ0v) is 8.49. The highest BCUT2D eigenvalue weighted by Gasteiger charge is 2.47. The second-order valence-corrected chi connectivity index (χ2v) is 4.85. The van der Waals surface area contributed by atoms with Gasteiger partial charge in [-0.2, -0.15) is 0 Å². The average molecular weight is 216 g/mol. The number of hydrogen-bond acceptors (Lipinski definition) is 1. The van der Waals surface area contributed by atoms with Crippen LogP contribution in [0.3, 0.4) is 0 Å². The average Bonchev–Trinajstić information content (AvgIpc) is 2.17. The number of hydrogen-bond donors (Lipinski definition) is 0. The molecule has 1 radical (unpaired) electrons. The van der Waals surface area contributed by atoms with Gasteiger partial charge in [-0.15, -0.1) is 23.4 Å². The van der Waals surface area contributed by atoms with Gasteiger partial charge < -0.3 is 0 Å². The topological polar surface area (TPSA) is 0 Å². The second kappa shape index (κ2) is 3.50. The monoisotopic (exact) mass is 215 g/mol. The molecule has 1 aromatic rings. The van der Waals surface area contributed by atoms with Crippen LogP contribution in [-0.2, 0) is 0 Å². The largest absolute Gasteiger partial charge is 0.234 e. The quantitative estimate of drug-likeness (QED) is 0.683. The molecule has 1 fully saturated rings. The summed E-state index contributed by atoms with van der Waals surface area (Å²) in [6.45, 7) is 0. The predicted octanol–water partition coefficient (Wildman–Crippen LogP) is 3.26. The van der Waals surface area contributed by atoms with E-state index in [0.29, 0.717) is 5.75 Å². The molecule has 0 aromatic heterocycles. The molecule has 0 N–H and O–H groups in total. The first-order chi connectivity index (χ1) is 6.21. The van der Waals surface area contributed by atoms with Crippen molar-refractivity contribution in [1.29, 1.82) is 0 Å². The summed E-state index contributed by atoms with van der Waals surface area (Å²) >= 11 is 7.30. The van der Waals surface area contributed by atoms with Crippen molar-refractivity contribution in [3.63, 3.8) is 0 Å². The minimum atomic E-state index is -0.964. The lowest BCUT2D eigenvalue weighted by Gasteiger charge is -2.38. The minimum Gasteiger partial charge on any atom is -0.234 e. The highest BCUT2D eigenvalue weighted by molar-refractivity contribution is 8.01. The molecule has 0 aliphatic carbocycles. The first kappa shape index (κ1) is 9.35. The Morgan fingerprint density at radius 3 is 2.62 bits per heavy atom. The molecule has 13 heavy (non-hydrogen) atoms. The molecule has 1 aliphatic rings. The Hall–Kier alpha value is -0.210. The van der Waals surface area contributed by atoms with Crippen molar-refractivity contribution < 1.29 is 4.39 Å². The van der Waals surface area contributed by atoms with E-state index >= 15 is 0 Å². The van der Waals surface area contributed by atoms with Gasteiger partial charge >= 0.3 is 0 Å². The van der Waals surface area contributed by atoms with Crippen molar-refractivity contribution >= 4 is 23.4 Å². The highest BCUT2D eigenvalue weighted by atomic mass is 35.5. The third kappa shape index (κ3) is 1.84. The Morgan fingerprint density at radius 1 is 1.46 bits per heavy atom. The van der Waals surface area contributed by atoms with Gasteiger partial charge in [0.2, 0.25) is 0 Å². The molecule has 0 spiro atoms. The van der Waals surface area contributed by atoms with Crippen LogP contribution in [-0.4, -0.2) is 16.1 Å². The van der Waals surface area contributed by atoms with Crippen LogP contribution < -0.4 is 0 Å². The fraction of sp³-hybridized carbons (Fsp3) is 0.300. The van der Waals surface area contributed by atoms with Gasteiger partial charge in [-0.25, -0.2) is 4.39 Å². The second-order valence-electron chi connectivity index (χ2n) is 3.11. The van der Waals surface area contributed by atoms with E-state index in [0.717, 1.165) is 5.56 Å². The van der Waals surface area contributed by atoms with Crippen molar-refractivity contribution in [1.82, 2.24) is 0 Å². The maximum Gasteiger partial charge on any atom is 0.166 e. The molecule has 2 atom stereocenters. The molecule has 1 aromatic carbocycles. The van der Waals surface area contributed by atoms with Gasteiger partial charge in [0.1, 0.15) is 4.87 Å². The zero-order chi connectivity index (χ0) is 9.31. The Morgan fingerprint density at radius 2 is 2.15 bits per heavy atom. The maximum atomic E-state index is 13.1. The molecule has 69 valence electrons. The fourth-order valence-electron chi connectivity index (χ4n) is 1.24. The van der Waals surface area contributed by atoms with E-state index in [2.05, 4.69) is 0 Å². The Labute approximate surface area is 86.5 Å². The summed E-state index contributed by atoms with van der Waals surface area (Å²) < 4.78 is 13.1. The molecule has 1 heterocycles. The summed E-state index contributed by atoms with van der Waals surface area (Å²) in [4.78, 5) is -0.772. The van der Waals surface area contributed by atoms with E-state index < -0.39 is 10.4 Å². The zero-order valence-electron chi connectivity index (χ0n) is 6.91. The summed E-state index contributed by atoms with van der Waals surface area (Å²) in [5.41, 5.74) is 0.0230. The third-order valence-corrected chi connectivity index (χ3v) is 4.11. The van der Waals surface area contributed by atoms with Crippen molar-refractivity contribution in [2.45, 2.75) is 10.4 Å². The lowest BCUT2D eigenvalue weighted by Crippen LogP contribution is -2.44. The Balaban J connectivity index is 2.06. The Bertz CT molecular complexity index is 290. The van der Waals surface area contributed by atoms with Gasteiger partial charge in [0.15, 0.2) is 5.50 Å². The van der Waals surface area contributed by atoms with E-state index in [-0.39, 0.29) is 0 Å². The number of halogens is 2. The SMILES string of the molecule is FC1SCC1(Cl)[CH]c1ccccc1. The normalized spacial score (nSPS) is 32.6. The summed E-state index contributed by atoms with van der Waals surface area (Å²) in [6, 6.07) is 9.64. The highest BCUT2D eigenvalue weighted by Crippen LogP contribution is 2.47. The van der Waals surface area contributed by atoms with Crippen LogP contribution in [0.2, 0.25) is 0 Å². The van der Waals surface area contributed by atoms with E-state index in [1.807, 2.05) is 30.3 Å². The predicted molar refractivity (Wildman–Crippen MR) is 55.8 cm³/mol. The van der Waals surface area contributed by atoms with Gasteiger partial charge in [-0.05, 0) is 5.56 Å². The van der Waals surface area contributed by atoms with Crippen LogP contribution in [0.15, 0.2) is 30.3 Å². The molecule has 0 nitrogen and oxygen atoms in total. The molecule has 0 bridgehead atoms. The van der Waals surface area contributed by atoms with Crippen LogP contribution >= 0.6 is 23.4 Å². The molecule has 2 unspecified atom stereocenters. The number of benzene rings is 1. The molecule has 1 aliphatic heterocycles. The van der Waals surface area contributed by atoms with Gasteiger partial charge in [0.25, 0.3) is 0 Å². The summed E-state index contributed by atoms with van der Waals surface area (Å²) in [7, 11) is 0. The smallest absolute Gasteiger partial charge is 0.166 e. The van der Waals surface area contributed by atoms with Gasteiger partial charge in [0, 0.05) is 12.2 Å². The lowest BCUT2D eigenvalue weighted by atomic mass is 10.0. The van der Waals surface area contributed by atoms with E-state index in [1.54, 1.807) is 6.42 Å². The van der Waals surface area contributed by atoms with E-state index in [4.69, 9.17) is 11.6 Å². The summed E-state index contributed by atoms with van der Waals surface area (Å²) in [5, 5.41) is 0. The van der Waals surface area contributed by atoms with E-state index in [1.165, 1.54) is 11.8 Å². The van der Waals surface area contributed by atoms with Gasteiger partial charge in [-0.3, -0.25) is 0 Å². The molecule has 1 saturated heterocycles. The minimum absolute atomic E-state index is 0.657. The molecule has 0 amide bonds. The van der Waals surface area contributed by atoms with Crippen LogP contribution in [0.25, 0.3) is 0 Å². The van der Waals surface area contributed by atoms with Crippen molar-refractivity contribution in [2.24, 2.45) is 0 Å². The van der Waals surface area contributed by atoms with Crippen LogP contribution in [0, 0.1) is 6.42 Å². The molecular weight excluding hydrogens is 207 g/mol. The van der Waals surface area contributed by atoms with Gasteiger partial charge in [0.05, 0.1) is 0 Å². The first-order valence-electron chi connectivity index (χ1n) is 4.06. The summed E-state index contributed by atoms with van der Waals surface area (Å²) in [6.07, 6.45) is 1.80. The Kier molecular flexibility index (Phi) is 2.52. The molecule has 0 saturated carbocycles. The first-order valence-corrected chi connectivity index (χ1v) is 5.49. The molecule has 3 heteroatoms. The standard InChI is InChI=1S/C10H9ClFS/c11-10(7-13-9(10)12)6-8-4-2-1-3-5-8/h1-6,9H,7H2. The molecule has 2 rings (SSSR count). The molecular formula is C10H9ClFS. The lowest BCUT2D eigenvalue weighted by molar-refractivity contribution is 0.374. The van der Waals surface area contributed by atoms with Crippen LogP contribution in [0.4, 0.5) is 4.39 Å². The number of thioether (sulfide) groups is 1. The number of alkyl halides is 2.